The number of hydrogen-bond acceptors (Lipinski definition) is 4. The van der Waals surface area contributed by atoms with Crippen LogP contribution < -0.4 is 0 Å². The summed E-state index contributed by atoms with van der Waals surface area (Å²) in [4.78, 5) is 25.5. The van der Waals surface area contributed by atoms with Gasteiger partial charge in [0.1, 0.15) is 11.6 Å². The minimum atomic E-state index is -0.559. The van der Waals surface area contributed by atoms with Gasteiger partial charge in [-0.2, -0.15) is 0 Å². The molecule has 0 spiro atoms. The molecule has 0 aromatic carbocycles. The summed E-state index contributed by atoms with van der Waals surface area (Å²) in [6.45, 7) is 8.11. The molecule has 0 N–H and O–H groups in total. The third-order valence-corrected chi connectivity index (χ3v) is 3.36. The number of methoxy groups -OCH3 is 1. The Balaban J connectivity index is 2.81. The van der Waals surface area contributed by atoms with Crippen LogP contribution in [0.5, 0.6) is 0 Å². The van der Waals surface area contributed by atoms with Crippen LogP contribution in [0, 0.1) is 5.92 Å². The molecular formula is C14H25NO4. The molecular weight excluding hydrogens is 246 g/mol. The van der Waals surface area contributed by atoms with Gasteiger partial charge in [0.15, 0.2) is 0 Å². The van der Waals surface area contributed by atoms with Crippen LogP contribution in [0.4, 0.5) is 4.79 Å². The number of hydrogen-bond donors (Lipinski definition) is 0. The Morgan fingerprint density at radius 3 is 2.37 bits per heavy atom. The van der Waals surface area contributed by atoms with E-state index < -0.39 is 17.7 Å². The Kier molecular flexibility index (Phi) is 5.20. The fourth-order valence-electron chi connectivity index (χ4n) is 2.28. The summed E-state index contributed by atoms with van der Waals surface area (Å²) in [5, 5.41) is 0. The van der Waals surface area contributed by atoms with Crippen LogP contribution in [0.25, 0.3) is 0 Å². The van der Waals surface area contributed by atoms with Crippen LogP contribution in [0.15, 0.2) is 0 Å². The van der Waals surface area contributed by atoms with Gasteiger partial charge in [-0.3, -0.25) is 4.90 Å². The number of likely N-dealkylation sites (tertiary alicyclic amines) is 1. The SMILES string of the molecule is CC[C@@H]1CC[C@@H](C(=O)OC)N(C(=O)OC(C)(C)C)C1. The van der Waals surface area contributed by atoms with Crippen molar-refractivity contribution in [2.45, 2.75) is 58.6 Å². The maximum Gasteiger partial charge on any atom is 0.411 e. The second-order valence-electron chi connectivity index (χ2n) is 6.02. The summed E-state index contributed by atoms with van der Waals surface area (Å²) in [5.41, 5.74) is -0.559. The molecule has 1 saturated heterocycles. The molecule has 1 fully saturated rings. The van der Waals surface area contributed by atoms with Crippen LogP contribution in [0.1, 0.15) is 47.0 Å². The maximum atomic E-state index is 12.2. The van der Waals surface area contributed by atoms with E-state index >= 15 is 0 Å². The molecule has 0 aliphatic carbocycles. The van der Waals surface area contributed by atoms with Gasteiger partial charge in [0.05, 0.1) is 7.11 Å². The molecule has 0 saturated carbocycles. The number of nitrogens with zero attached hydrogens (tertiary/aromatic N) is 1. The van der Waals surface area contributed by atoms with Gasteiger partial charge in [-0.15, -0.1) is 0 Å². The lowest BCUT2D eigenvalue weighted by Crippen LogP contribution is -2.52. The molecule has 1 amide bonds. The minimum absolute atomic E-state index is 0.361. The minimum Gasteiger partial charge on any atom is -0.467 e. The first kappa shape index (κ1) is 15.8. The molecule has 1 heterocycles. The number of esters is 1. The summed E-state index contributed by atoms with van der Waals surface area (Å²) in [7, 11) is 1.35. The molecule has 0 aromatic rings. The van der Waals surface area contributed by atoms with Crippen molar-refractivity contribution in [2.75, 3.05) is 13.7 Å². The average Bonchev–Trinajstić information content (AvgIpc) is 2.35. The van der Waals surface area contributed by atoms with Gasteiger partial charge in [0.2, 0.25) is 0 Å². The molecule has 110 valence electrons. The average molecular weight is 271 g/mol. The van der Waals surface area contributed by atoms with Crippen molar-refractivity contribution < 1.29 is 19.1 Å². The number of carbonyl (C=O) groups is 2. The Bertz CT molecular complexity index is 335. The van der Waals surface area contributed by atoms with Gasteiger partial charge in [-0.05, 0) is 39.5 Å². The van der Waals surface area contributed by atoms with E-state index in [0.717, 1.165) is 12.8 Å². The molecule has 1 rings (SSSR count). The second-order valence-corrected chi connectivity index (χ2v) is 6.02. The quantitative estimate of drug-likeness (QED) is 0.724. The molecule has 5 nitrogen and oxygen atoms in total. The predicted octanol–water partition coefficient (Wildman–Crippen LogP) is 2.59. The molecule has 0 bridgehead atoms. The monoisotopic (exact) mass is 271 g/mol. The lowest BCUT2D eigenvalue weighted by Gasteiger charge is -2.38. The summed E-state index contributed by atoms with van der Waals surface area (Å²) >= 11 is 0. The van der Waals surface area contributed by atoms with Crippen LogP contribution >= 0.6 is 0 Å². The van der Waals surface area contributed by atoms with Crippen molar-refractivity contribution in [1.29, 1.82) is 0 Å². The number of ether oxygens (including phenoxy) is 2. The van der Waals surface area contributed by atoms with Crippen LogP contribution in [0.3, 0.4) is 0 Å². The first-order chi connectivity index (χ1) is 8.78. The van der Waals surface area contributed by atoms with E-state index in [1.165, 1.54) is 12.0 Å². The largest absolute Gasteiger partial charge is 0.467 e. The van der Waals surface area contributed by atoms with E-state index in [-0.39, 0.29) is 5.97 Å². The van der Waals surface area contributed by atoms with E-state index in [9.17, 15) is 9.59 Å². The zero-order valence-corrected chi connectivity index (χ0v) is 12.6. The topological polar surface area (TPSA) is 55.8 Å². The van der Waals surface area contributed by atoms with Crippen molar-refractivity contribution in [3.8, 4) is 0 Å². The molecule has 0 radical (unpaired) electrons. The number of piperidine rings is 1. The normalized spacial score (nSPS) is 23.9. The number of carbonyl (C=O) groups excluding carboxylic acids is 2. The Labute approximate surface area is 115 Å². The summed E-state index contributed by atoms with van der Waals surface area (Å²) in [6.07, 6.45) is 2.15. The first-order valence-electron chi connectivity index (χ1n) is 6.86. The lowest BCUT2D eigenvalue weighted by molar-refractivity contribution is -0.148. The fourth-order valence-corrected chi connectivity index (χ4v) is 2.28. The molecule has 0 aromatic heterocycles. The fraction of sp³-hybridized carbons (Fsp3) is 0.857. The number of rotatable bonds is 2. The van der Waals surface area contributed by atoms with Crippen molar-refractivity contribution in [1.82, 2.24) is 4.90 Å². The molecule has 0 unspecified atom stereocenters. The number of amides is 1. The molecule has 1 aliphatic rings. The van der Waals surface area contributed by atoms with E-state index in [1.54, 1.807) is 0 Å². The molecule has 1 aliphatic heterocycles. The predicted molar refractivity (Wildman–Crippen MR) is 71.8 cm³/mol. The summed E-state index contributed by atoms with van der Waals surface area (Å²) < 4.78 is 10.2. The van der Waals surface area contributed by atoms with Crippen molar-refractivity contribution >= 4 is 12.1 Å². The van der Waals surface area contributed by atoms with Gasteiger partial charge in [-0.1, -0.05) is 13.3 Å². The second kappa shape index (κ2) is 6.26. The Morgan fingerprint density at radius 2 is 1.89 bits per heavy atom. The molecule has 19 heavy (non-hydrogen) atoms. The zero-order valence-electron chi connectivity index (χ0n) is 12.6. The highest BCUT2D eigenvalue weighted by molar-refractivity contribution is 5.81. The van der Waals surface area contributed by atoms with Gasteiger partial charge in [0, 0.05) is 6.54 Å². The van der Waals surface area contributed by atoms with Gasteiger partial charge in [0.25, 0.3) is 0 Å². The van der Waals surface area contributed by atoms with Crippen LogP contribution in [-0.2, 0) is 14.3 Å². The Morgan fingerprint density at radius 1 is 1.26 bits per heavy atom. The van der Waals surface area contributed by atoms with Crippen molar-refractivity contribution in [3.63, 3.8) is 0 Å². The maximum absolute atomic E-state index is 12.2. The van der Waals surface area contributed by atoms with Crippen molar-refractivity contribution in [3.05, 3.63) is 0 Å². The first-order valence-corrected chi connectivity index (χ1v) is 6.86. The third-order valence-electron chi connectivity index (χ3n) is 3.36. The Hall–Kier alpha value is -1.26. The van der Waals surface area contributed by atoms with Crippen LogP contribution in [-0.4, -0.2) is 42.3 Å². The van der Waals surface area contributed by atoms with E-state index in [4.69, 9.17) is 9.47 Å². The zero-order chi connectivity index (χ0) is 14.6. The highest BCUT2D eigenvalue weighted by Crippen LogP contribution is 2.26. The van der Waals surface area contributed by atoms with E-state index in [2.05, 4.69) is 6.92 Å². The lowest BCUT2D eigenvalue weighted by atomic mass is 9.91. The third kappa shape index (κ3) is 4.40. The molecule has 5 heteroatoms. The van der Waals surface area contributed by atoms with E-state index in [0.29, 0.717) is 18.9 Å². The smallest absolute Gasteiger partial charge is 0.411 e. The molecule has 2 atom stereocenters. The summed E-state index contributed by atoms with van der Waals surface area (Å²) in [6, 6.07) is -0.511. The van der Waals surface area contributed by atoms with E-state index in [1.807, 2.05) is 20.8 Å². The van der Waals surface area contributed by atoms with Gasteiger partial charge in [-0.25, -0.2) is 9.59 Å². The highest BCUT2D eigenvalue weighted by atomic mass is 16.6. The van der Waals surface area contributed by atoms with Gasteiger partial charge < -0.3 is 9.47 Å². The van der Waals surface area contributed by atoms with Gasteiger partial charge >= 0.3 is 12.1 Å². The van der Waals surface area contributed by atoms with Crippen molar-refractivity contribution in [2.24, 2.45) is 5.92 Å². The van der Waals surface area contributed by atoms with Crippen LogP contribution in [0.2, 0.25) is 0 Å². The highest BCUT2D eigenvalue weighted by Gasteiger charge is 2.38. The standard InChI is InChI=1S/C14H25NO4/c1-6-10-7-8-11(12(16)18-5)15(9-10)13(17)19-14(2,3)4/h10-11H,6-9H2,1-5H3/t10-,11+/m1/s1. The summed E-state index contributed by atoms with van der Waals surface area (Å²) in [5.74, 6) is 0.0637.